The van der Waals surface area contributed by atoms with Crippen molar-refractivity contribution in [2.45, 2.75) is 38.7 Å². The molecule has 0 spiro atoms. The number of hydrogen-bond donors (Lipinski definition) is 1. The number of hydrogen-bond acceptors (Lipinski definition) is 5. The molecule has 0 amide bonds. The summed E-state index contributed by atoms with van der Waals surface area (Å²) in [5.74, 6) is -1.16. The Bertz CT molecular complexity index is 531. The lowest BCUT2D eigenvalue weighted by Crippen LogP contribution is -2.29. The molecule has 20 heavy (non-hydrogen) atoms. The van der Waals surface area contributed by atoms with E-state index in [1.54, 1.807) is 0 Å². The number of aromatic nitrogens is 1. The summed E-state index contributed by atoms with van der Waals surface area (Å²) >= 11 is 0. The van der Waals surface area contributed by atoms with Gasteiger partial charge in [0.15, 0.2) is 5.69 Å². The molecule has 0 saturated heterocycles. The molecule has 1 aromatic heterocycles. The van der Waals surface area contributed by atoms with Crippen molar-refractivity contribution in [1.29, 1.82) is 0 Å². The van der Waals surface area contributed by atoms with Gasteiger partial charge in [-0.1, -0.05) is 13.3 Å². The molecule has 7 heteroatoms. The Labute approximate surface area is 115 Å². The maximum Gasteiger partial charge on any atom is 0.354 e. The van der Waals surface area contributed by atoms with Gasteiger partial charge in [-0.3, -0.25) is 10.1 Å². The van der Waals surface area contributed by atoms with Crippen LogP contribution in [-0.4, -0.2) is 27.1 Å². The molecule has 2 rings (SSSR count). The molecule has 1 fully saturated rings. The van der Waals surface area contributed by atoms with E-state index in [2.05, 4.69) is 4.98 Å². The predicted octanol–water partition coefficient (Wildman–Crippen LogP) is 2.65. The van der Waals surface area contributed by atoms with Gasteiger partial charge in [0.1, 0.15) is 6.10 Å². The molecule has 0 aliphatic heterocycles. The van der Waals surface area contributed by atoms with Crippen LogP contribution in [0.4, 0.5) is 5.69 Å². The molecule has 1 aromatic rings. The van der Waals surface area contributed by atoms with Crippen molar-refractivity contribution in [3.05, 3.63) is 27.9 Å². The molecule has 1 heterocycles. The van der Waals surface area contributed by atoms with E-state index in [-0.39, 0.29) is 29.3 Å². The number of nitrogens with zero attached hydrogens (tertiary/aromatic N) is 2. The first kappa shape index (κ1) is 14.2. The molecular weight excluding hydrogens is 264 g/mol. The van der Waals surface area contributed by atoms with Gasteiger partial charge in [0, 0.05) is 6.07 Å². The van der Waals surface area contributed by atoms with Crippen LogP contribution < -0.4 is 4.74 Å². The smallest absolute Gasteiger partial charge is 0.354 e. The number of carbonyl (C=O) groups is 1. The summed E-state index contributed by atoms with van der Waals surface area (Å²) in [4.78, 5) is 25.0. The van der Waals surface area contributed by atoms with E-state index in [0.29, 0.717) is 0 Å². The quantitative estimate of drug-likeness (QED) is 0.671. The maximum absolute atomic E-state index is 11.0. The SMILES string of the molecule is CC1CCCCC1Oc1nc(C(=O)O)ccc1[N+](=O)[O-]. The van der Waals surface area contributed by atoms with Crippen LogP contribution in [0.3, 0.4) is 0 Å². The normalized spacial score (nSPS) is 22.2. The van der Waals surface area contributed by atoms with Crippen LogP contribution in [-0.2, 0) is 0 Å². The van der Waals surface area contributed by atoms with E-state index in [4.69, 9.17) is 9.84 Å². The molecule has 7 nitrogen and oxygen atoms in total. The number of carboxylic acids is 1. The van der Waals surface area contributed by atoms with E-state index < -0.39 is 10.9 Å². The van der Waals surface area contributed by atoms with E-state index in [1.807, 2.05) is 6.92 Å². The summed E-state index contributed by atoms with van der Waals surface area (Å²) in [6.07, 6.45) is 3.76. The van der Waals surface area contributed by atoms with Gasteiger partial charge >= 0.3 is 11.7 Å². The number of pyridine rings is 1. The van der Waals surface area contributed by atoms with E-state index in [1.165, 1.54) is 0 Å². The fourth-order valence-corrected chi connectivity index (χ4v) is 2.38. The molecule has 108 valence electrons. The number of nitro groups is 1. The third kappa shape index (κ3) is 3.04. The van der Waals surface area contributed by atoms with Crippen LogP contribution >= 0.6 is 0 Å². The van der Waals surface area contributed by atoms with Gasteiger partial charge in [-0.25, -0.2) is 9.78 Å². The lowest BCUT2D eigenvalue weighted by atomic mass is 9.88. The first-order chi connectivity index (χ1) is 9.49. The summed E-state index contributed by atoms with van der Waals surface area (Å²) in [7, 11) is 0. The van der Waals surface area contributed by atoms with Gasteiger partial charge in [-0.2, -0.15) is 0 Å². The standard InChI is InChI=1S/C13H16N2O5/c1-8-4-2-3-5-11(8)20-12-10(15(18)19)7-6-9(14-12)13(16)17/h6-8,11H,2-5H2,1H3,(H,16,17). The fraction of sp³-hybridized carbons (Fsp3) is 0.538. The van der Waals surface area contributed by atoms with Crippen molar-refractivity contribution in [1.82, 2.24) is 4.98 Å². The average molecular weight is 280 g/mol. The molecule has 0 bridgehead atoms. The first-order valence-electron chi connectivity index (χ1n) is 6.54. The minimum atomic E-state index is -1.23. The van der Waals surface area contributed by atoms with Crippen LogP contribution in [0.1, 0.15) is 43.1 Å². The number of ether oxygens (including phenoxy) is 1. The molecule has 1 aliphatic carbocycles. The summed E-state index contributed by atoms with van der Waals surface area (Å²) in [6.45, 7) is 2.02. The maximum atomic E-state index is 11.0. The van der Waals surface area contributed by atoms with Gasteiger partial charge in [0.05, 0.1) is 4.92 Å². The average Bonchev–Trinajstić information content (AvgIpc) is 2.41. The topological polar surface area (TPSA) is 103 Å². The zero-order chi connectivity index (χ0) is 14.7. The second kappa shape index (κ2) is 5.85. The largest absolute Gasteiger partial charge is 0.477 e. The van der Waals surface area contributed by atoms with E-state index in [9.17, 15) is 14.9 Å². The molecular formula is C13H16N2O5. The van der Waals surface area contributed by atoms with Gasteiger partial charge in [-0.05, 0) is 31.2 Å². The Morgan fingerprint density at radius 1 is 1.45 bits per heavy atom. The van der Waals surface area contributed by atoms with Crippen LogP contribution in [0.2, 0.25) is 0 Å². The Kier molecular flexibility index (Phi) is 4.16. The van der Waals surface area contributed by atoms with Gasteiger partial charge in [-0.15, -0.1) is 0 Å². The highest BCUT2D eigenvalue weighted by Crippen LogP contribution is 2.31. The lowest BCUT2D eigenvalue weighted by molar-refractivity contribution is -0.386. The molecule has 2 atom stereocenters. The molecule has 0 aromatic carbocycles. The third-order valence-corrected chi connectivity index (χ3v) is 3.55. The van der Waals surface area contributed by atoms with Crippen LogP contribution in [0, 0.1) is 16.0 Å². The van der Waals surface area contributed by atoms with Gasteiger partial charge in [0.25, 0.3) is 5.88 Å². The Balaban J connectivity index is 2.29. The highest BCUT2D eigenvalue weighted by atomic mass is 16.6. The molecule has 0 radical (unpaired) electrons. The second-order valence-electron chi connectivity index (χ2n) is 5.00. The van der Waals surface area contributed by atoms with Crippen molar-refractivity contribution < 1.29 is 19.6 Å². The summed E-state index contributed by atoms with van der Waals surface area (Å²) in [5, 5.41) is 19.9. The van der Waals surface area contributed by atoms with Gasteiger partial charge < -0.3 is 9.84 Å². The van der Waals surface area contributed by atoms with E-state index >= 15 is 0 Å². The summed E-state index contributed by atoms with van der Waals surface area (Å²) in [5.41, 5.74) is -0.554. The van der Waals surface area contributed by atoms with Crippen molar-refractivity contribution in [2.24, 2.45) is 5.92 Å². The second-order valence-corrected chi connectivity index (χ2v) is 5.00. The Morgan fingerprint density at radius 3 is 2.75 bits per heavy atom. The van der Waals surface area contributed by atoms with Crippen molar-refractivity contribution in [3.8, 4) is 5.88 Å². The highest BCUT2D eigenvalue weighted by Gasteiger charge is 2.27. The molecule has 1 N–H and O–H groups in total. The summed E-state index contributed by atoms with van der Waals surface area (Å²) in [6, 6.07) is 2.23. The number of carboxylic acid groups (broad SMARTS) is 1. The molecule has 1 saturated carbocycles. The molecule has 2 unspecified atom stereocenters. The van der Waals surface area contributed by atoms with Gasteiger partial charge in [0.2, 0.25) is 0 Å². The van der Waals surface area contributed by atoms with Crippen LogP contribution in [0.15, 0.2) is 12.1 Å². The van der Waals surface area contributed by atoms with Crippen LogP contribution in [0.25, 0.3) is 0 Å². The van der Waals surface area contributed by atoms with E-state index in [0.717, 1.165) is 37.8 Å². The minimum Gasteiger partial charge on any atom is -0.477 e. The number of rotatable bonds is 4. The minimum absolute atomic E-state index is 0.154. The number of aromatic carboxylic acids is 1. The highest BCUT2D eigenvalue weighted by molar-refractivity contribution is 5.85. The first-order valence-corrected chi connectivity index (χ1v) is 6.54. The Hall–Kier alpha value is -2.18. The zero-order valence-electron chi connectivity index (χ0n) is 11.1. The third-order valence-electron chi connectivity index (χ3n) is 3.55. The zero-order valence-corrected chi connectivity index (χ0v) is 11.1. The Morgan fingerprint density at radius 2 is 2.15 bits per heavy atom. The van der Waals surface area contributed by atoms with Crippen LogP contribution in [0.5, 0.6) is 5.88 Å². The van der Waals surface area contributed by atoms with Crippen molar-refractivity contribution in [3.63, 3.8) is 0 Å². The fourth-order valence-electron chi connectivity index (χ4n) is 2.38. The molecule has 1 aliphatic rings. The van der Waals surface area contributed by atoms with Crippen molar-refractivity contribution >= 4 is 11.7 Å². The van der Waals surface area contributed by atoms with Crippen molar-refractivity contribution in [2.75, 3.05) is 0 Å². The summed E-state index contributed by atoms with van der Waals surface area (Å²) < 4.78 is 5.63. The monoisotopic (exact) mass is 280 g/mol. The lowest BCUT2D eigenvalue weighted by Gasteiger charge is -2.28. The predicted molar refractivity (Wildman–Crippen MR) is 69.9 cm³/mol.